The third kappa shape index (κ3) is 3.29. The third-order valence-electron chi connectivity index (χ3n) is 4.13. The number of likely N-dealkylation sites (N-methyl/N-ethyl adjacent to an activating group) is 1. The van der Waals surface area contributed by atoms with Gasteiger partial charge >= 0.3 is 0 Å². The quantitative estimate of drug-likeness (QED) is 0.799. The first-order valence-corrected chi connectivity index (χ1v) is 7.61. The molecule has 20 heavy (non-hydrogen) atoms. The normalized spacial score (nSPS) is 13.9. The van der Waals surface area contributed by atoms with E-state index in [0.29, 0.717) is 12.0 Å². The van der Waals surface area contributed by atoms with E-state index >= 15 is 0 Å². The van der Waals surface area contributed by atoms with Crippen molar-refractivity contribution < 1.29 is 0 Å². The van der Waals surface area contributed by atoms with Gasteiger partial charge in [0.1, 0.15) is 0 Å². The molecule has 2 atom stereocenters. The Hall–Kier alpha value is -1.60. The standard InChI is InChI=1S/C19H25N/c1-4-15-11-13-17(14-12-15)19(20-3)18(5-2)16-9-7-6-8-10-16/h6-14,18-20H,4-5H2,1-3H3. The molecule has 2 unspecified atom stereocenters. The molecule has 0 spiro atoms. The fraction of sp³-hybridized carbons (Fsp3) is 0.368. The Labute approximate surface area is 123 Å². The summed E-state index contributed by atoms with van der Waals surface area (Å²) >= 11 is 0. The summed E-state index contributed by atoms with van der Waals surface area (Å²) in [6.07, 6.45) is 2.23. The van der Waals surface area contributed by atoms with Gasteiger partial charge in [-0.2, -0.15) is 0 Å². The number of nitrogens with one attached hydrogen (secondary N) is 1. The Morgan fingerprint density at radius 1 is 0.850 bits per heavy atom. The number of hydrogen-bond donors (Lipinski definition) is 1. The van der Waals surface area contributed by atoms with Crippen molar-refractivity contribution in [3.63, 3.8) is 0 Å². The molecule has 1 heteroatoms. The summed E-state index contributed by atoms with van der Waals surface area (Å²) in [7, 11) is 2.06. The van der Waals surface area contributed by atoms with Crippen molar-refractivity contribution in [2.75, 3.05) is 7.05 Å². The van der Waals surface area contributed by atoms with Crippen LogP contribution in [-0.2, 0) is 6.42 Å². The molecule has 1 nitrogen and oxygen atoms in total. The zero-order valence-corrected chi connectivity index (χ0v) is 12.8. The number of rotatable bonds is 6. The van der Waals surface area contributed by atoms with E-state index in [4.69, 9.17) is 0 Å². The molecule has 0 aliphatic rings. The molecule has 106 valence electrons. The summed E-state index contributed by atoms with van der Waals surface area (Å²) < 4.78 is 0. The van der Waals surface area contributed by atoms with Crippen LogP contribution in [-0.4, -0.2) is 7.05 Å². The monoisotopic (exact) mass is 267 g/mol. The average Bonchev–Trinajstić information content (AvgIpc) is 2.53. The molecule has 0 radical (unpaired) electrons. The number of hydrogen-bond acceptors (Lipinski definition) is 1. The van der Waals surface area contributed by atoms with Crippen LogP contribution in [0.4, 0.5) is 0 Å². The molecule has 0 saturated carbocycles. The lowest BCUT2D eigenvalue weighted by Gasteiger charge is -2.27. The van der Waals surface area contributed by atoms with Crippen molar-refractivity contribution in [2.45, 2.75) is 38.6 Å². The molecule has 2 aromatic rings. The van der Waals surface area contributed by atoms with E-state index in [2.05, 4.69) is 80.8 Å². The average molecular weight is 267 g/mol. The van der Waals surface area contributed by atoms with Gasteiger partial charge < -0.3 is 5.32 Å². The fourth-order valence-electron chi connectivity index (χ4n) is 2.92. The van der Waals surface area contributed by atoms with Gasteiger partial charge in [0.2, 0.25) is 0 Å². The Morgan fingerprint density at radius 2 is 1.50 bits per heavy atom. The maximum absolute atomic E-state index is 3.51. The van der Waals surface area contributed by atoms with E-state index in [-0.39, 0.29) is 0 Å². The summed E-state index contributed by atoms with van der Waals surface area (Å²) in [4.78, 5) is 0. The first-order valence-electron chi connectivity index (χ1n) is 7.61. The van der Waals surface area contributed by atoms with E-state index in [0.717, 1.165) is 12.8 Å². The van der Waals surface area contributed by atoms with Crippen LogP contribution in [0.2, 0.25) is 0 Å². The van der Waals surface area contributed by atoms with E-state index in [1.165, 1.54) is 16.7 Å². The fourth-order valence-corrected chi connectivity index (χ4v) is 2.92. The van der Waals surface area contributed by atoms with Gasteiger partial charge in [-0.25, -0.2) is 0 Å². The van der Waals surface area contributed by atoms with Crippen LogP contribution in [0.15, 0.2) is 54.6 Å². The van der Waals surface area contributed by atoms with Gasteiger partial charge in [0.15, 0.2) is 0 Å². The number of benzene rings is 2. The maximum Gasteiger partial charge on any atom is 0.0387 e. The maximum atomic E-state index is 3.51. The van der Waals surface area contributed by atoms with Gasteiger partial charge in [-0.1, -0.05) is 68.4 Å². The third-order valence-corrected chi connectivity index (χ3v) is 4.13. The van der Waals surface area contributed by atoms with Crippen LogP contribution in [0.1, 0.15) is 48.9 Å². The van der Waals surface area contributed by atoms with Crippen molar-refractivity contribution >= 4 is 0 Å². The molecule has 0 saturated heterocycles. The lowest BCUT2D eigenvalue weighted by molar-refractivity contribution is 0.468. The molecule has 2 aromatic carbocycles. The summed E-state index contributed by atoms with van der Waals surface area (Å²) in [5, 5.41) is 3.51. The number of aryl methyl sites for hydroxylation is 1. The minimum absolute atomic E-state index is 0.369. The molecule has 0 heterocycles. The minimum atomic E-state index is 0.369. The van der Waals surface area contributed by atoms with Gasteiger partial charge in [0.25, 0.3) is 0 Å². The van der Waals surface area contributed by atoms with Crippen molar-refractivity contribution in [3.8, 4) is 0 Å². The highest BCUT2D eigenvalue weighted by molar-refractivity contribution is 5.30. The first kappa shape index (κ1) is 14.8. The lowest BCUT2D eigenvalue weighted by atomic mass is 9.85. The van der Waals surface area contributed by atoms with Crippen LogP contribution in [0, 0.1) is 0 Å². The Kier molecular flexibility index (Phi) is 5.37. The van der Waals surface area contributed by atoms with Crippen LogP contribution in [0.5, 0.6) is 0 Å². The zero-order chi connectivity index (χ0) is 14.4. The van der Waals surface area contributed by atoms with Crippen molar-refractivity contribution in [1.29, 1.82) is 0 Å². The van der Waals surface area contributed by atoms with Gasteiger partial charge in [0, 0.05) is 12.0 Å². The van der Waals surface area contributed by atoms with E-state index in [1.54, 1.807) is 0 Å². The Morgan fingerprint density at radius 3 is 2.00 bits per heavy atom. The second-order valence-electron chi connectivity index (χ2n) is 5.29. The largest absolute Gasteiger partial charge is 0.312 e. The van der Waals surface area contributed by atoms with Gasteiger partial charge in [-0.3, -0.25) is 0 Å². The highest BCUT2D eigenvalue weighted by Gasteiger charge is 2.21. The minimum Gasteiger partial charge on any atom is -0.312 e. The molecule has 0 aliphatic heterocycles. The summed E-state index contributed by atoms with van der Waals surface area (Å²) in [5.74, 6) is 0.508. The smallest absolute Gasteiger partial charge is 0.0387 e. The molecule has 0 amide bonds. The Bertz CT molecular complexity index is 501. The van der Waals surface area contributed by atoms with Gasteiger partial charge in [-0.05, 0) is 36.6 Å². The predicted octanol–water partition coefficient (Wildman–Crippen LogP) is 4.70. The van der Waals surface area contributed by atoms with Crippen LogP contribution in [0.3, 0.4) is 0 Å². The SMILES string of the molecule is CCc1ccc(C(NC)C(CC)c2ccccc2)cc1. The highest BCUT2D eigenvalue weighted by Crippen LogP contribution is 2.33. The second-order valence-corrected chi connectivity index (χ2v) is 5.29. The summed E-state index contributed by atoms with van der Waals surface area (Å²) in [5.41, 5.74) is 4.19. The second kappa shape index (κ2) is 7.25. The molecule has 0 fully saturated rings. The molecule has 0 aromatic heterocycles. The van der Waals surface area contributed by atoms with Crippen LogP contribution < -0.4 is 5.32 Å². The molecular weight excluding hydrogens is 242 g/mol. The highest BCUT2D eigenvalue weighted by atomic mass is 14.9. The van der Waals surface area contributed by atoms with Gasteiger partial charge in [0.05, 0.1) is 0 Å². The topological polar surface area (TPSA) is 12.0 Å². The Balaban J connectivity index is 2.29. The van der Waals surface area contributed by atoms with Crippen molar-refractivity contribution in [2.24, 2.45) is 0 Å². The predicted molar refractivity (Wildman–Crippen MR) is 87.1 cm³/mol. The lowest BCUT2D eigenvalue weighted by Crippen LogP contribution is -2.23. The van der Waals surface area contributed by atoms with E-state index in [9.17, 15) is 0 Å². The summed E-state index contributed by atoms with van der Waals surface area (Å²) in [6.45, 7) is 4.46. The zero-order valence-electron chi connectivity index (χ0n) is 12.8. The summed E-state index contributed by atoms with van der Waals surface area (Å²) in [6, 6.07) is 20.2. The molecule has 0 bridgehead atoms. The van der Waals surface area contributed by atoms with Gasteiger partial charge in [-0.15, -0.1) is 0 Å². The van der Waals surface area contributed by atoms with Crippen LogP contribution >= 0.6 is 0 Å². The molecule has 1 N–H and O–H groups in total. The first-order chi connectivity index (χ1) is 9.80. The van der Waals surface area contributed by atoms with E-state index in [1.807, 2.05) is 0 Å². The molecule has 0 aliphatic carbocycles. The molecule has 2 rings (SSSR count). The van der Waals surface area contributed by atoms with Crippen LogP contribution in [0.25, 0.3) is 0 Å². The van der Waals surface area contributed by atoms with E-state index < -0.39 is 0 Å². The molecular formula is C19H25N. The van der Waals surface area contributed by atoms with Crippen molar-refractivity contribution in [3.05, 3.63) is 71.3 Å². The van der Waals surface area contributed by atoms with Crippen molar-refractivity contribution in [1.82, 2.24) is 5.32 Å².